The molecule has 4 heteroatoms. The van der Waals surface area contributed by atoms with Crippen molar-refractivity contribution >= 4 is 22.5 Å². The molecule has 1 aliphatic heterocycles. The molecule has 0 saturated heterocycles. The summed E-state index contributed by atoms with van der Waals surface area (Å²) < 4.78 is 0. The van der Waals surface area contributed by atoms with Gasteiger partial charge in [-0.1, -0.05) is 24.4 Å². The Hall–Kier alpha value is -1.45. The zero-order valence-electron chi connectivity index (χ0n) is 12.6. The SMILES string of the molecule is Clc1ccc2[nH]cc(CCN3CC=C(C4CCCC4)O3)c2c1. The molecule has 0 bridgehead atoms. The third kappa shape index (κ3) is 2.75. The van der Waals surface area contributed by atoms with Crippen LogP contribution in [0.2, 0.25) is 5.02 Å². The fourth-order valence-electron chi connectivity index (χ4n) is 3.61. The number of rotatable bonds is 4. The maximum Gasteiger partial charge on any atom is 0.125 e. The molecule has 4 rings (SSSR count). The largest absolute Gasteiger partial charge is 0.410 e. The Labute approximate surface area is 135 Å². The predicted molar refractivity (Wildman–Crippen MR) is 89.7 cm³/mol. The molecule has 1 N–H and O–H groups in total. The molecule has 0 unspecified atom stereocenters. The van der Waals surface area contributed by atoms with Gasteiger partial charge in [-0.3, -0.25) is 0 Å². The van der Waals surface area contributed by atoms with Crippen molar-refractivity contribution in [2.75, 3.05) is 13.1 Å². The van der Waals surface area contributed by atoms with Crippen LogP contribution in [0.25, 0.3) is 10.9 Å². The molecule has 2 aromatic rings. The molecule has 1 aromatic carbocycles. The Kier molecular flexibility index (Phi) is 3.85. The van der Waals surface area contributed by atoms with Crippen LogP contribution in [-0.4, -0.2) is 23.1 Å². The summed E-state index contributed by atoms with van der Waals surface area (Å²) in [4.78, 5) is 9.35. The summed E-state index contributed by atoms with van der Waals surface area (Å²) >= 11 is 6.11. The number of fused-ring (bicyclic) bond motifs is 1. The second-order valence-electron chi connectivity index (χ2n) is 6.32. The summed E-state index contributed by atoms with van der Waals surface area (Å²) in [6.45, 7) is 1.82. The van der Waals surface area contributed by atoms with E-state index >= 15 is 0 Å². The van der Waals surface area contributed by atoms with Crippen LogP contribution in [-0.2, 0) is 11.3 Å². The highest BCUT2D eigenvalue weighted by atomic mass is 35.5. The number of aromatic nitrogens is 1. The number of aromatic amines is 1. The Bertz CT molecular complexity index is 700. The fraction of sp³-hybridized carbons (Fsp3) is 0.444. The van der Waals surface area contributed by atoms with Crippen LogP contribution in [0.15, 0.2) is 36.2 Å². The molecule has 0 amide bonds. The van der Waals surface area contributed by atoms with E-state index in [0.717, 1.165) is 30.0 Å². The van der Waals surface area contributed by atoms with Crippen molar-refractivity contribution in [2.45, 2.75) is 32.1 Å². The lowest BCUT2D eigenvalue weighted by Crippen LogP contribution is -2.22. The van der Waals surface area contributed by atoms with Gasteiger partial charge >= 0.3 is 0 Å². The van der Waals surface area contributed by atoms with Gasteiger partial charge in [0.15, 0.2) is 0 Å². The van der Waals surface area contributed by atoms with Crippen LogP contribution in [0.3, 0.4) is 0 Å². The van der Waals surface area contributed by atoms with Gasteiger partial charge in [-0.15, -0.1) is 5.06 Å². The molecule has 116 valence electrons. The van der Waals surface area contributed by atoms with Crippen molar-refractivity contribution in [2.24, 2.45) is 5.92 Å². The third-order valence-corrected chi connectivity index (χ3v) is 5.08. The van der Waals surface area contributed by atoms with E-state index in [-0.39, 0.29) is 0 Å². The van der Waals surface area contributed by atoms with Gasteiger partial charge < -0.3 is 9.82 Å². The van der Waals surface area contributed by atoms with Crippen LogP contribution < -0.4 is 0 Å². The maximum absolute atomic E-state index is 6.11. The molecule has 2 aliphatic rings. The van der Waals surface area contributed by atoms with Gasteiger partial charge in [0.1, 0.15) is 5.76 Å². The molecule has 0 spiro atoms. The van der Waals surface area contributed by atoms with Gasteiger partial charge in [0.25, 0.3) is 0 Å². The maximum atomic E-state index is 6.11. The second-order valence-corrected chi connectivity index (χ2v) is 6.76. The van der Waals surface area contributed by atoms with E-state index in [1.165, 1.54) is 42.4 Å². The molecule has 2 heterocycles. The van der Waals surface area contributed by atoms with Gasteiger partial charge in [0.2, 0.25) is 0 Å². The first kappa shape index (κ1) is 14.2. The van der Waals surface area contributed by atoms with Crippen LogP contribution >= 0.6 is 11.6 Å². The number of benzene rings is 1. The summed E-state index contributed by atoms with van der Waals surface area (Å²) in [5.74, 6) is 1.87. The van der Waals surface area contributed by atoms with Crippen molar-refractivity contribution in [1.29, 1.82) is 0 Å². The lowest BCUT2D eigenvalue weighted by molar-refractivity contribution is -0.0989. The summed E-state index contributed by atoms with van der Waals surface area (Å²) in [7, 11) is 0. The zero-order chi connectivity index (χ0) is 14.9. The molecule has 1 aliphatic carbocycles. The first-order valence-corrected chi connectivity index (χ1v) is 8.56. The van der Waals surface area contributed by atoms with Gasteiger partial charge in [-0.05, 0) is 49.1 Å². The number of nitrogens with one attached hydrogen (secondary N) is 1. The van der Waals surface area contributed by atoms with Crippen LogP contribution in [0, 0.1) is 5.92 Å². The Morgan fingerprint density at radius 1 is 1.27 bits per heavy atom. The van der Waals surface area contributed by atoms with E-state index < -0.39 is 0 Å². The average Bonchev–Trinajstić information content (AvgIpc) is 3.25. The van der Waals surface area contributed by atoms with E-state index in [9.17, 15) is 0 Å². The number of hydroxylamine groups is 2. The van der Waals surface area contributed by atoms with Gasteiger partial charge in [0.05, 0.1) is 6.54 Å². The van der Waals surface area contributed by atoms with Gasteiger partial charge in [-0.25, -0.2) is 0 Å². The summed E-state index contributed by atoms with van der Waals surface area (Å²) in [6.07, 6.45) is 10.6. The molecule has 22 heavy (non-hydrogen) atoms. The minimum absolute atomic E-state index is 0.664. The quantitative estimate of drug-likeness (QED) is 0.886. The van der Waals surface area contributed by atoms with Crippen molar-refractivity contribution in [3.8, 4) is 0 Å². The summed E-state index contributed by atoms with van der Waals surface area (Å²) in [6, 6.07) is 5.99. The third-order valence-electron chi connectivity index (χ3n) is 4.85. The van der Waals surface area contributed by atoms with Crippen LogP contribution in [0.5, 0.6) is 0 Å². The average molecular weight is 317 g/mol. The van der Waals surface area contributed by atoms with Crippen LogP contribution in [0.1, 0.15) is 31.2 Å². The number of nitrogens with zero attached hydrogens (tertiary/aromatic N) is 1. The second kappa shape index (κ2) is 5.98. The lowest BCUT2D eigenvalue weighted by Gasteiger charge is -2.18. The first-order valence-electron chi connectivity index (χ1n) is 8.18. The number of H-pyrrole nitrogens is 1. The highest BCUT2D eigenvalue weighted by Gasteiger charge is 2.26. The highest BCUT2D eigenvalue weighted by molar-refractivity contribution is 6.31. The monoisotopic (exact) mass is 316 g/mol. The summed E-state index contributed by atoms with van der Waals surface area (Å²) in [5, 5.41) is 4.09. The molecule has 3 nitrogen and oxygen atoms in total. The number of hydrogen-bond donors (Lipinski definition) is 1. The molecule has 0 radical (unpaired) electrons. The topological polar surface area (TPSA) is 28.3 Å². The van der Waals surface area contributed by atoms with E-state index in [0.29, 0.717) is 5.92 Å². The van der Waals surface area contributed by atoms with E-state index in [1.807, 2.05) is 18.2 Å². The van der Waals surface area contributed by atoms with Crippen LogP contribution in [0.4, 0.5) is 0 Å². The molecule has 0 atom stereocenters. The van der Waals surface area contributed by atoms with Crippen molar-refractivity contribution in [3.05, 3.63) is 46.8 Å². The Morgan fingerprint density at radius 2 is 2.14 bits per heavy atom. The molecule has 1 fully saturated rings. The van der Waals surface area contributed by atoms with Gasteiger partial charge in [0, 0.05) is 34.6 Å². The summed E-state index contributed by atoms with van der Waals surface area (Å²) in [5.41, 5.74) is 2.45. The molecular formula is C18H21ClN2O. The smallest absolute Gasteiger partial charge is 0.125 e. The Morgan fingerprint density at radius 3 is 3.00 bits per heavy atom. The number of hydrogen-bond acceptors (Lipinski definition) is 2. The minimum Gasteiger partial charge on any atom is -0.410 e. The van der Waals surface area contributed by atoms with Crippen molar-refractivity contribution < 1.29 is 4.84 Å². The van der Waals surface area contributed by atoms with Gasteiger partial charge in [-0.2, -0.15) is 0 Å². The normalized spacial score (nSPS) is 19.8. The van der Waals surface area contributed by atoms with Crippen molar-refractivity contribution in [3.63, 3.8) is 0 Å². The minimum atomic E-state index is 0.664. The highest BCUT2D eigenvalue weighted by Crippen LogP contribution is 2.34. The number of allylic oxidation sites excluding steroid dienone is 1. The zero-order valence-corrected chi connectivity index (χ0v) is 13.4. The number of halogens is 1. The molecule has 1 aromatic heterocycles. The van der Waals surface area contributed by atoms with E-state index in [2.05, 4.69) is 22.3 Å². The fourth-order valence-corrected chi connectivity index (χ4v) is 3.78. The lowest BCUT2D eigenvalue weighted by atomic mass is 10.1. The molecule has 1 saturated carbocycles. The van der Waals surface area contributed by atoms with Crippen molar-refractivity contribution in [1.82, 2.24) is 10.0 Å². The van der Waals surface area contributed by atoms with E-state index in [1.54, 1.807) is 0 Å². The Balaban J connectivity index is 1.38. The van der Waals surface area contributed by atoms with E-state index in [4.69, 9.17) is 16.4 Å². The first-order chi connectivity index (χ1) is 10.8. The predicted octanol–water partition coefficient (Wildman–Crippen LogP) is 4.69. The molecular weight excluding hydrogens is 296 g/mol. The standard InChI is InChI=1S/C18H21ClN2O/c19-15-5-6-17-16(11-15)14(12-20-17)7-9-21-10-8-18(22-21)13-3-1-2-4-13/h5-6,8,11-13,20H,1-4,7,9-10H2.